The van der Waals surface area contributed by atoms with Gasteiger partial charge in [0.2, 0.25) is 5.91 Å². The summed E-state index contributed by atoms with van der Waals surface area (Å²) in [5.74, 6) is -0.498. The number of nitrogens with one attached hydrogen (secondary N) is 1. The molecule has 4 nitrogen and oxygen atoms in total. The number of rotatable bonds is 6. The van der Waals surface area contributed by atoms with Gasteiger partial charge in [-0.05, 0) is 36.8 Å². The minimum atomic E-state index is -0.367. The van der Waals surface area contributed by atoms with Crippen LogP contribution in [0, 0.1) is 5.82 Å². The zero-order chi connectivity index (χ0) is 18.5. The van der Waals surface area contributed by atoms with Gasteiger partial charge >= 0.3 is 0 Å². The summed E-state index contributed by atoms with van der Waals surface area (Å²) in [6, 6.07) is 12.3. The second-order valence-electron chi connectivity index (χ2n) is 5.66. The number of imidazole rings is 1. The summed E-state index contributed by atoms with van der Waals surface area (Å²) in [5.41, 5.74) is 1.11. The second-order valence-corrected chi connectivity index (χ2v) is 7.45. The lowest BCUT2D eigenvalue weighted by Gasteiger charge is -2.13. The van der Waals surface area contributed by atoms with E-state index in [1.54, 1.807) is 35.2 Å². The van der Waals surface area contributed by atoms with Crippen LogP contribution in [0.5, 0.6) is 0 Å². The monoisotopic (exact) mass is 389 g/mol. The van der Waals surface area contributed by atoms with E-state index >= 15 is 0 Å². The number of benzene rings is 2. The number of amides is 1. The van der Waals surface area contributed by atoms with E-state index in [1.807, 2.05) is 25.1 Å². The van der Waals surface area contributed by atoms with Crippen LogP contribution in [-0.4, -0.2) is 20.7 Å². The number of thioether (sulfide) groups is 1. The zero-order valence-electron chi connectivity index (χ0n) is 14.0. The first-order valence-electron chi connectivity index (χ1n) is 8.00. The van der Waals surface area contributed by atoms with E-state index in [1.165, 1.54) is 24.2 Å². The van der Waals surface area contributed by atoms with Crippen LogP contribution >= 0.6 is 23.4 Å². The molecule has 2 aromatic carbocycles. The van der Waals surface area contributed by atoms with Crippen molar-refractivity contribution < 1.29 is 9.18 Å². The van der Waals surface area contributed by atoms with Crippen molar-refractivity contribution in [3.63, 3.8) is 0 Å². The van der Waals surface area contributed by atoms with Gasteiger partial charge in [0.15, 0.2) is 0 Å². The number of halogens is 2. The van der Waals surface area contributed by atoms with Crippen LogP contribution in [0.4, 0.5) is 4.39 Å². The average Bonchev–Trinajstić information content (AvgIpc) is 3.16. The first-order valence-corrected chi connectivity index (χ1v) is 9.26. The number of carbonyl (C=O) groups excluding carboxylic acids is 1. The predicted molar refractivity (Wildman–Crippen MR) is 102 cm³/mol. The first-order chi connectivity index (χ1) is 12.5. The van der Waals surface area contributed by atoms with Gasteiger partial charge in [0.05, 0.1) is 22.3 Å². The molecule has 134 valence electrons. The van der Waals surface area contributed by atoms with Crippen LogP contribution in [0.15, 0.2) is 66.1 Å². The molecule has 1 unspecified atom stereocenters. The number of aromatic nitrogens is 2. The summed E-state index contributed by atoms with van der Waals surface area (Å²) in [6.07, 6.45) is 4.80. The molecule has 26 heavy (non-hydrogen) atoms. The molecule has 0 aliphatic rings. The Balaban J connectivity index is 1.59. The van der Waals surface area contributed by atoms with Crippen LogP contribution in [0.2, 0.25) is 5.02 Å². The molecule has 0 saturated carbocycles. The van der Waals surface area contributed by atoms with Crippen molar-refractivity contribution in [2.75, 3.05) is 0 Å². The molecule has 0 saturated heterocycles. The molecular weight excluding hydrogens is 373 g/mol. The Labute approximate surface area is 160 Å². The molecule has 0 bridgehead atoms. The highest BCUT2D eigenvalue weighted by Crippen LogP contribution is 2.30. The number of hydrogen-bond acceptors (Lipinski definition) is 3. The highest BCUT2D eigenvalue weighted by Gasteiger charge is 2.15. The molecule has 0 fully saturated rings. The summed E-state index contributed by atoms with van der Waals surface area (Å²) in [5, 5.41) is 3.14. The van der Waals surface area contributed by atoms with Crippen LogP contribution in [0.3, 0.4) is 0 Å². The van der Waals surface area contributed by atoms with E-state index in [2.05, 4.69) is 10.3 Å². The Hall–Kier alpha value is -2.31. The standard InChI is InChI=1S/C19H17ClFN3OS/c1-13(26-18-5-3-2-4-15(18)20)19(25)23-11-14-6-7-17(16(21)10-14)24-9-8-22-12-24/h2-10,12-13H,11H2,1H3,(H,23,25). The van der Waals surface area contributed by atoms with Crippen molar-refractivity contribution in [3.05, 3.63) is 77.6 Å². The Morgan fingerprint density at radius 2 is 2.15 bits per heavy atom. The van der Waals surface area contributed by atoms with Gasteiger partial charge in [-0.1, -0.05) is 29.8 Å². The van der Waals surface area contributed by atoms with Gasteiger partial charge < -0.3 is 9.88 Å². The third-order valence-corrected chi connectivity index (χ3v) is 5.39. The van der Waals surface area contributed by atoms with E-state index < -0.39 is 0 Å². The summed E-state index contributed by atoms with van der Waals surface area (Å²) < 4.78 is 15.8. The minimum Gasteiger partial charge on any atom is -0.351 e. The summed E-state index contributed by atoms with van der Waals surface area (Å²) in [7, 11) is 0. The fourth-order valence-electron chi connectivity index (χ4n) is 2.39. The number of hydrogen-bond donors (Lipinski definition) is 1. The summed E-state index contributed by atoms with van der Waals surface area (Å²) in [6.45, 7) is 2.07. The SMILES string of the molecule is CC(Sc1ccccc1Cl)C(=O)NCc1ccc(-n2ccnc2)c(F)c1. The Morgan fingerprint density at radius 3 is 2.85 bits per heavy atom. The minimum absolute atomic E-state index is 0.131. The molecule has 3 aromatic rings. The molecule has 1 heterocycles. The van der Waals surface area contributed by atoms with Gasteiger partial charge in [-0.25, -0.2) is 9.37 Å². The maximum Gasteiger partial charge on any atom is 0.233 e. The van der Waals surface area contributed by atoms with E-state index in [0.717, 1.165) is 4.90 Å². The van der Waals surface area contributed by atoms with Gasteiger partial charge in [-0.2, -0.15) is 0 Å². The highest BCUT2D eigenvalue weighted by atomic mass is 35.5. The fourth-order valence-corrected chi connectivity index (χ4v) is 3.57. The fraction of sp³-hybridized carbons (Fsp3) is 0.158. The second kappa shape index (κ2) is 8.38. The highest BCUT2D eigenvalue weighted by molar-refractivity contribution is 8.00. The molecule has 0 aliphatic heterocycles. The maximum atomic E-state index is 14.2. The van der Waals surface area contributed by atoms with Crippen molar-refractivity contribution in [1.29, 1.82) is 0 Å². The lowest BCUT2D eigenvalue weighted by atomic mass is 10.2. The largest absolute Gasteiger partial charge is 0.351 e. The van der Waals surface area contributed by atoms with Crippen LogP contribution in [0.25, 0.3) is 5.69 Å². The van der Waals surface area contributed by atoms with Crippen molar-refractivity contribution in [3.8, 4) is 5.69 Å². The van der Waals surface area contributed by atoms with Gasteiger partial charge in [0.25, 0.3) is 0 Å². The topological polar surface area (TPSA) is 46.9 Å². The number of nitrogens with zero attached hydrogens (tertiary/aromatic N) is 2. The van der Waals surface area contributed by atoms with Crippen LogP contribution < -0.4 is 5.32 Å². The van der Waals surface area contributed by atoms with Gasteiger partial charge in [-0.3, -0.25) is 4.79 Å². The molecular formula is C19H17ClFN3OS. The maximum absolute atomic E-state index is 14.2. The van der Waals surface area contributed by atoms with E-state index in [9.17, 15) is 9.18 Å². The van der Waals surface area contributed by atoms with Crippen molar-refractivity contribution in [1.82, 2.24) is 14.9 Å². The number of carbonyl (C=O) groups is 1. The van der Waals surface area contributed by atoms with Crippen molar-refractivity contribution in [2.45, 2.75) is 23.6 Å². The van der Waals surface area contributed by atoms with Crippen molar-refractivity contribution in [2.24, 2.45) is 0 Å². The third-order valence-electron chi connectivity index (χ3n) is 3.77. The molecule has 1 atom stereocenters. The average molecular weight is 390 g/mol. The molecule has 3 rings (SSSR count). The van der Waals surface area contributed by atoms with Gasteiger partial charge in [0.1, 0.15) is 5.82 Å². The quantitative estimate of drug-likeness (QED) is 0.633. The third kappa shape index (κ3) is 4.45. The zero-order valence-corrected chi connectivity index (χ0v) is 15.6. The lowest BCUT2D eigenvalue weighted by Crippen LogP contribution is -2.30. The summed E-state index contributed by atoms with van der Waals surface area (Å²) >= 11 is 7.51. The molecule has 1 N–H and O–H groups in total. The van der Waals surface area contributed by atoms with E-state index in [0.29, 0.717) is 16.3 Å². The molecule has 0 spiro atoms. The first kappa shape index (κ1) is 18.5. The van der Waals surface area contributed by atoms with Crippen LogP contribution in [-0.2, 0) is 11.3 Å². The van der Waals surface area contributed by atoms with Gasteiger partial charge in [0, 0.05) is 23.8 Å². The molecule has 0 aliphatic carbocycles. The van der Waals surface area contributed by atoms with Crippen molar-refractivity contribution >= 4 is 29.3 Å². The molecule has 1 amide bonds. The Bertz CT molecular complexity index is 902. The van der Waals surface area contributed by atoms with E-state index in [4.69, 9.17) is 11.6 Å². The molecule has 7 heteroatoms. The molecule has 1 aromatic heterocycles. The normalized spacial score (nSPS) is 12.0. The summed E-state index contributed by atoms with van der Waals surface area (Å²) in [4.78, 5) is 17.1. The predicted octanol–water partition coefficient (Wildman–Crippen LogP) is 4.46. The van der Waals surface area contributed by atoms with Crippen LogP contribution in [0.1, 0.15) is 12.5 Å². The lowest BCUT2D eigenvalue weighted by molar-refractivity contribution is -0.120. The Kier molecular flexibility index (Phi) is 5.96. The van der Waals surface area contributed by atoms with E-state index in [-0.39, 0.29) is 23.5 Å². The Morgan fingerprint density at radius 1 is 1.35 bits per heavy atom. The van der Waals surface area contributed by atoms with Gasteiger partial charge in [-0.15, -0.1) is 11.8 Å². The molecule has 0 radical (unpaired) electrons. The smallest absolute Gasteiger partial charge is 0.233 e.